The van der Waals surface area contributed by atoms with E-state index in [1.54, 1.807) is 11.8 Å². The summed E-state index contributed by atoms with van der Waals surface area (Å²) in [6.45, 7) is 11.9. The molecule has 2 heterocycles. The van der Waals surface area contributed by atoms with Crippen LogP contribution < -0.4 is 10.6 Å². The van der Waals surface area contributed by atoms with E-state index in [0.717, 1.165) is 12.8 Å². The summed E-state index contributed by atoms with van der Waals surface area (Å²) in [5.74, 6) is -1.09. The average molecular weight is 368 g/mol. The first-order valence-electron chi connectivity index (χ1n) is 9.34. The van der Waals surface area contributed by atoms with Crippen LogP contribution in [0.15, 0.2) is 0 Å². The van der Waals surface area contributed by atoms with Crippen LogP contribution in [0.3, 0.4) is 0 Å². The minimum atomic E-state index is -0.562. The van der Waals surface area contributed by atoms with Gasteiger partial charge in [0.2, 0.25) is 0 Å². The smallest absolute Gasteiger partial charge is 0.409 e. The number of piperidine rings is 1. The lowest BCUT2D eigenvalue weighted by Gasteiger charge is -2.46. The highest BCUT2D eigenvalue weighted by Gasteiger charge is 2.39. The molecule has 8 nitrogen and oxygen atoms in total. The number of ether oxygens (including phenoxy) is 1. The van der Waals surface area contributed by atoms with Crippen LogP contribution in [0.5, 0.6) is 0 Å². The molecule has 0 radical (unpaired) electrons. The minimum absolute atomic E-state index is 0.0430. The molecule has 0 unspecified atom stereocenters. The molecule has 0 atom stereocenters. The van der Waals surface area contributed by atoms with Crippen molar-refractivity contribution in [3.8, 4) is 0 Å². The van der Waals surface area contributed by atoms with Crippen LogP contribution in [0.25, 0.3) is 0 Å². The molecule has 0 aromatic rings. The molecule has 26 heavy (non-hydrogen) atoms. The van der Waals surface area contributed by atoms with Crippen LogP contribution in [0.1, 0.15) is 47.5 Å². The van der Waals surface area contributed by atoms with Crippen molar-refractivity contribution in [1.29, 1.82) is 0 Å². The van der Waals surface area contributed by atoms with Crippen molar-refractivity contribution in [2.45, 2.75) is 64.6 Å². The van der Waals surface area contributed by atoms with E-state index in [1.165, 1.54) is 4.90 Å². The van der Waals surface area contributed by atoms with E-state index in [2.05, 4.69) is 38.3 Å². The number of amides is 3. The summed E-state index contributed by atoms with van der Waals surface area (Å²) >= 11 is 0. The van der Waals surface area contributed by atoms with E-state index >= 15 is 0 Å². The Bertz CT molecular complexity index is 537. The SMILES string of the molecule is CCOC(=O)N1CCN(C(=O)C(=O)NC2CC(C)(C)NC(C)(C)C2)CC1. The van der Waals surface area contributed by atoms with Crippen molar-refractivity contribution in [3.63, 3.8) is 0 Å². The summed E-state index contributed by atoms with van der Waals surface area (Å²) in [6.07, 6.45) is 1.17. The Labute approximate surface area is 155 Å². The summed E-state index contributed by atoms with van der Waals surface area (Å²) in [5, 5.41) is 6.46. The van der Waals surface area contributed by atoms with Crippen molar-refractivity contribution in [2.24, 2.45) is 0 Å². The fraction of sp³-hybridized carbons (Fsp3) is 0.833. The zero-order valence-electron chi connectivity index (χ0n) is 16.6. The molecule has 2 N–H and O–H groups in total. The predicted molar refractivity (Wildman–Crippen MR) is 97.6 cm³/mol. The predicted octanol–water partition coefficient (Wildman–Crippen LogP) is 0.713. The van der Waals surface area contributed by atoms with Crippen molar-refractivity contribution >= 4 is 17.9 Å². The number of carbonyl (C=O) groups is 3. The molecule has 0 saturated carbocycles. The van der Waals surface area contributed by atoms with Gasteiger partial charge in [0, 0.05) is 43.3 Å². The Hall–Kier alpha value is -1.83. The van der Waals surface area contributed by atoms with Gasteiger partial charge < -0.3 is 25.2 Å². The monoisotopic (exact) mass is 368 g/mol. The maximum Gasteiger partial charge on any atom is 0.409 e. The normalized spacial score (nSPS) is 22.7. The van der Waals surface area contributed by atoms with Crippen LogP contribution in [0, 0.1) is 0 Å². The molecule has 2 rings (SSSR count). The van der Waals surface area contributed by atoms with Gasteiger partial charge in [0.25, 0.3) is 0 Å². The first-order valence-corrected chi connectivity index (χ1v) is 9.34. The molecule has 148 valence electrons. The number of nitrogens with one attached hydrogen (secondary N) is 2. The highest BCUT2D eigenvalue weighted by atomic mass is 16.6. The van der Waals surface area contributed by atoms with E-state index in [-0.39, 0.29) is 23.2 Å². The van der Waals surface area contributed by atoms with Crippen LogP contribution in [-0.4, -0.2) is 77.6 Å². The van der Waals surface area contributed by atoms with Crippen molar-refractivity contribution in [3.05, 3.63) is 0 Å². The number of nitrogens with zero attached hydrogens (tertiary/aromatic N) is 2. The van der Waals surface area contributed by atoms with Gasteiger partial charge in [-0.15, -0.1) is 0 Å². The molecule has 8 heteroatoms. The van der Waals surface area contributed by atoms with Gasteiger partial charge in [0.1, 0.15) is 0 Å². The van der Waals surface area contributed by atoms with Crippen molar-refractivity contribution in [1.82, 2.24) is 20.4 Å². The van der Waals surface area contributed by atoms with E-state index in [0.29, 0.717) is 32.8 Å². The number of hydrogen-bond donors (Lipinski definition) is 2. The molecule has 2 aliphatic rings. The molecule has 0 aliphatic carbocycles. The van der Waals surface area contributed by atoms with E-state index in [4.69, 9.17) is 4.74 Å². The van der Waals surface area contributed by atoms with Crippen molar-refractivity contribution in [2.75, 3.05) is 32.8 Å². The molecule has 0 spiro atoms. The fourth-order valence-electron chi connectivity index (χ4n) is 4.12. The lowest BCUT2D eigenvalue weighted by Crippen LogP contribution is -2.63. The van der Waals surface area contributed by atoms with Gasteiger partial charge in [0.05, 0.1) is 6.61 Å². The summed E-state index contributed by atoms with van der Waals surface area (Å²) in [4.78, 5) is 39.7. The largest absolute Gasteiger partial charge is 0.450 e. The second-order valence-electron chi connectivity index (χ2n) is 8.45. The fourth-order valence-corrected chi connectivity index (χ4v) is 4.12. The van der Waals surface area contributed by atoms with Gasteiger partial charge >= 0.3 is 17.9 Å². The Kier molecular flexibility index (Phi) is 6.16. The van der Waals surface area contributed by atoms with E-state index in [1.807, 2.05) is 0 Å². The number of hydrogen-bond acceptors (Lipinski definition) is 5. The van der Waals surface area contributed by atoms with Crippen LogP contribution in [0.4, 0.5) is 4.79 Å². The summed E-state index contributed by atoms with van der Waals surface area (Å²) in [7, 11) is 0. The van der Waals surface area contributed by atoms with Gasteiger partial charge in [-0.2, -0.15) is 0 Å². The zero-order chi connectivity index (χ0) is 19.5. The van der Waals surface area contributed by atoms with Gasteiger partial charge in [-0.3, -0.25) is 9.59 Å². The van der Waals surface area contributed by atoms with Crippen LogP contribution in [0.2, 0.25) is 0 Å². The van der Waals surface area contributed by atoms with Gasteiger partial charge in [-0.05, 0) is 47.5 Å². The zero-order valence-corrected chi connectivity index (χ0v) is 16.6. The quantitative estimate of drug-likeness (QED) is 0.701. The topological polar surface area (TPSA) is 91.0 Å². The molecule has 0 aromatic carbocycles. The Balaban J connectivity index is 1.86. The molecular weight excluding hydrogens is 336 g/mol. The molecular formula is C18H32N4O4. The first kappa shape index (κ1) is 20.5. The molecule has 3 amide bonds. The lowest BCUT2D eigenvalue weighted by atomic mass is 9.79. The number of rotatable bonds is 2. The third-order valence-corrected chi connectivity index (χ3v) is 4.81. The third-order valence-electron chi connectivity index (χ3n) is 4.81. The molecule has 0 bridgehead atoms. The van der Waals surface area contributed by atoms with Gasteiger partial charge in [0.15, 0.2) is 0 Å². The summed E-state index contributed by atoms with van der Waals surface area (Å²) in [6, 6.07) is -0.0430. The summed E-state index contributed by atoms with van der Waals surface area (Å²) in [5.41, 5.74) is -0.206. The highest BCUT2D eigenvalue weighted by Crippen LogP contribution is 2.28. The molecule has 2 fully saturated rings. The number of piperazine rings is 1. The summed E-state index contributed by atoms with van der Waals surface area (Å²) < 4.78 is 4.96. The minimum Gasteiger partial charge on any atom is -0.450 e. The van der Waals surface area contributed by atoms with Gasteiger partial charge in [-0.1, -0.05) is 0 Å². The maximum absolute atomic E-state index is 12.5. The Morgan fingerprint density at radius 1 is 1.00 bits per heavy atom. The Morgan fingerprint density at radius 2 is 1.50 bits per heavy atom. The van der Waals surface area contributed by atoms with E-state index in [9.17, 15) is 14.4 Å². The number of carbonyl (C=O) groups excluding carboxylic acids is 3. The third kappa shape index (κ3) is 5.33. The van der Waals surface area contributed by atoms with Crippen LogP contribution >= 0.6 is 0 Å². The molecule has 2 aliphatic heterocycles. The second-order valence-corrected chi connectivity index (χ2v) is 8.45. The maximum atomic E-state index is 12.5. The van der Waals surface area contributed by atoms with Crippen LogP contribution in [-0.2, 0) is 14.3 Å². The standard InChI is InChI=1S/C18H32N4O4/c1-6-26-16(25)22-9-7-21(8-10-22)15(24)14(23)19-13-11-17(2,3)20-18(4,5)12-13/h13,20H,6-12H2,1-5H3,(H,19,23). The average Bonchev–Trinajstić information content (AvgIpc) is 2.51. The molecule has 0 aromatic heterocycles. The van der Waals surface area contributed by atoms with E-state index < -0.39 is 11.8 Å². The van der Waals surface area contributed by atoms with Crippen molar-refractivity contribution < 1.29 is 19.1 Å². The molecule has 2 saturated heterocycles. The lowest BCUT2D eigenvalue weighted by molar-refractivity contribution is -0.147. The van der Waals surface area contributed by atoms with Gasteiger partial charge in [-0.25, -0.2) is 4.79 Å². The first-order chi connectivity index (χ1) is 12.0. The second kappa shape index (κ2) is 7.82. The Morgan fingerprint density at radius 3 is 2.00 bits per heavy atom. The highest BCUT2D eigenvalue weighted by molar-refractivity contribution is 6.35.